The first-order chi connectivity index (χ1) is 10.4. The number of H-pyrrole nitrogens is 2. The summed E-state index contributed by atoms with van der Waals surface area (Å²) >= 11 is 0. The molecule has 9 nitrogen and oxygen atoms in total. The quantitative estimate of drug-likeness (QED) is 0.804. The first kappa shape index (κ1) is 15.0. The minimum atomic E-state index is -3.52. The fourth-order valence-electron chi connectivity index (χ4n) is 2.72. The van der Waals surface area contributed by atoms with Gasteiger partial charge in [-0.25, -0.2) is 18.3 Å². The SMILES string of the molecule is Cc1c(S(=O)(=O)N2CCC(c3n[nH]c(=O)[nH]3)CC2)cnn1C. The molecule has 3 heterocycles. The molecule has 10 heteroatoms. The zero-order chi connectivity index (χ0) is 15.9. The minimum absolute atomic E-state index is 0.0698. The molecule has 0 spiro atoms. The van der Waals surface area contributed by atoms with E-state index in [1.165, 1.54) is 10.5 Å². The lowest BCUT2D eigenvalue weighted by molar-refractivity contribution is 0.313. The van der Waals surface area contributed by atoms with Crippen LogP contribution in [0.15, 0.2) is 15.9 Å². The number of sulfonamides is 1. The van der Waals surface area contributed by atoms with Crippen molar-refractivity contribution in [2.45, 2.75) is 30.6 Å². The normalized spacial score (nSPS) is 17.9. The third kappa shape index (κ3) is 2.48. The van der Waals surface area contributed by atoms with Crippen LogP contribution in [-0.2, 0) is 17.1 Å². The van der Waals surface area contributed by atoms with Crippen molar-refractivity contribution < 1.29 is 8.42 Å². The highest BCUT2D eigenvalue weighted by Crippen LogP contribution is 2.29. The average Bonchev–Trinajstić information content (AvgIpc) is 3.07. The van der Waals surface area contributed by atoms with E-state index in [0.29, 0.717) is 37.4 Å². The molecule has 1 aliphatic heterocycles. The Morgan fingerprint density at radius 2 is 2.00 bits per heavy atom. The number of aromatic amines is 2. The Kier molecular flexibility index (Phi) is 3.65. The fourth-order valence-corrected chi connectivity index (χ4v) is 4.37. The van der Waals surface area contributed by atoms with Gasteiger partial charge in [0.2, 0.25) is 10.0 Å². The molecule has 0 unspecified atom stereocenters. The Morgan fingerprint density at radius 3 is 2.50 bits per heavy atom. The van der Waals surface area contributed by atoms with Gasteiger partial charge in [0, 0.05) is 26.1 Å². The standard InChI is InChI=1S/C12H18N6O3S/c1-8-10(7-13-17(8)2)22(20,21)18-5-3-9(4-6-18)11-14-12(19)16-15-11/h7,9H,3-6H2,1-2H3,(H2,14,15,16,19). The molecule has 0 saturated carbocycles. The number of rotatable bonds is 3. The summed E-state index contributed by atoms with van der Waals surface area (Å²) in [7, 11) is -1.81. The number of aromatic nitrogens is 5. The second-order valence-electron chi connectivity index (χ2n) is 5.46. The van der Waals surface area contributed by atoms with E-state index in [4.69, 9.17) is 0 Å². The monoisotopic (exact) mass is 326 g/mol. The highest BCUT2D eigenvalue weighted by molar-refractivity contribution is 7.89. The van der Waals surface area contributed by atoms with Crippen LogP contribution in [0.1, 0.15) is 30.3 Å². The summed E-state index contributed by atoms with van der Waals surface area (Å²) in [6.07, 6.45) is 2.64. The first-order valence-corrected chi connectivity index (χ1v) is 8.47. The van der Waals surface area contributed by atoms with Crippen LogP contribution in [0.3, 0.4) is 0 Å². The summed E-state index contributed by atoms with van der Waals surface area (Å²) in [6.45, 7) is 2.54. The van der Waals surface area contributed by atoms with Crippen LogP contribution in [0.25, 0.3) is 0 Å². The number of nitrogens with one attached hydrogen (secondary N) is 2. The lowest BCUT2D eigenvalue weighted by Crippen LogP contribution is -2.38. The molecular weight excluding hydrogens is 308 g/mol. The molecule has 0 amide bonds. The van der Waals surface area contributed by atoms with Gasteiger partial charge in [-0.05, 0) is 19.8 Å². The number of hydrogen-bond acceptors (Lipinski definition) is 5. The van der Waals surface area contributed by atoms with E-state index >= 15 is 0 Å². The second-order valence-corrected chi connectivity index (χ2v) is 7.37. The Labute approximate surface area is 127 Å². The zero-order valence-electron chi connectivity index (χ0n) is 12.4. The smallest absolute Gasteiger partial charge is 0.293 e. The van der Waals surface area contributed by atoms with Crippen molar-refractivity contribution in [2.75, 3.05) is 13.1 Å². The molecule has 0 aliphatic carbocycles. The van der Waals surface area contributed by atoms with E-state index in [-0.39, 0.29) is 16.5 Å². The Balaban J connectivity index is 1.76. The van der Waals surface area contributed by atoms with E-state index in [0.717, 1.165) is 0 Å². The van der Waals surface area contributed by atoms with Gasteiger partial charge >= 0.3 is 5.69 Å². The van der Waals surface area contributed by atoms with Crippen LogP contribution in [0.5, 0.6) is 0 Å². The first-order valence-electron chi connectivity index (χ1n) is 7.03. The van der Waals surface area contributed by atoms with Crippen LogP contribution < -0.4 is 5.69 Å². The highest BCUT2D eigenvalue weighted by Gasteiger charge is 2.32. The molecule has 2 N–H and O–H groups in total. The number of nitrogens with zero attached hydrogens (tertiary/aromatic N) is 4. The number of piperidine rings is 1. The van der Waals surface area contributed by atoms with Gasteiger partial charge in [0.05, 0.1) is 11.9 Å². The maximum Gasteiger partial charge on any atom is 0.340 e. The predicted octanol–water partition coefficient (Wildman–Crippen LogP) is -0.292. The van der Waals surface area contributed by atoms with Crippen molar-refractivity contribution >= 4 is 10.0 Å². The highest BCUT2D eigenvalue weighted by atomic mass is 32.2. The van der Waals surface area contributed by atoms with Crippen LogP contribution in [0, 0.1) is 6.92 Å². The molecule has 0 bridgehead atoms. The van der Waals surface area contributed by atoms with Gasteiger partial charge in [0.15, 0.2) is 0 Å². The van der Waals surface area contributed by atoms with E-state index in [1.54, 1.807) is 18.7 Å². The van der Waals surface area contributed by atoms with Gasteiger partial charge in [-0.15, -0.1) is 0 Å². The predicted molar refractivity (Wildman–Crippen MR) is 77.9 cm³/mol. The van der Waals surface area contributed by atoms with E-state index in [9.17, 15) is 13.2 Å². The molecule has 1 saturated heterocycles. The maximum atomic E-state index is 12.7. The summed E-state index contributed by atoms with van der Waals surface area (Å²) in [5.41, 5.74) is 0.287. The molecule has 1 fully saturated rings. The molecule has 0 atom stereocenters. The molecule has 120 valence electrons. The number of hydrogen-bond donors (Lipinski definition) is 2. The third-order valence-electron chi connectivity index (χ3n) is 4.17. The van der Waals surface area contributed by atoms with Crippen molar-refractivity contribution in [1.82, 2.24) is 29.3 Å². The van der Waals surface area contributed by atoms with Crippen molar-refractivity contribution in [3.8, 4) is 0 Å². The third-order valence-corrected chi connectivity index (χ3v) is 6.17. The van der Waals surface area contributed by atoms with Gasteiger partial charge in [-0.3, -0.25) is 9.67 Å². The molecule has 3 rings (SSSR count). The Hall–Kier alpha value is -1.94. The van der Waals surface area contributed by atoms with E-state index in [1.807, 2.05) is 0 Å². The van der Waals surface area contributed by atoms with Gasteiger partial charge in [0.25, 0.3) is 0 Å². The second kappa shape index (κ2) is 5.36. The van der Waals surface area contributed by atoms with Crippen LogP contribution in [0.2, 0.25) is 0 Å². The molecular formula is C12H18N6O3S. The van der Waals surface area contributed by atoms with Gasteiger partial charge in [-0.1, -0.05) is 0 Å². The summed E-state index contributed by atoms with van der Waals surface area (Å²) in [5, 5.41) is 10.3. The summed E-state index contributed by atoms with van der Waals surface area (Å²) in [4.78, 5) is 14.0. The lowest BCUT2D eigenvalue weighted by Gasteiger charge is -2.29. The Morgan fingerprint density at radius 1 is 1.32 bits per heavy atom. The molecule has 0 aromatic carbocycles. The van der Waals surface area contributed by atoms with Crippen molar-refractivity contribution in [3.63, 3.8) is 0 Å². The summed E-state index contributed by atoms with van der Waals surface area (Å²) in [6, 6.07) is 0. The fraction of sp³-hybridized carbons (Fsp3) is 0.583. The average molecular weight is 326 g/mol. The van der Waals surface area contributed by atoms with Gasteiger partial charge in [0.1, 0.15) is 10.7 Å². The van der Waals surface area contributed by atoms with Gasteiger partial charge < -0.3 is 0 Å². The van der Waals surface area contributed by atoms with E-state index < -0.39 is 10.0 Å². The van der Waals surface area contributed by atoms with Gasteiger partial charge in [-0.2, -0.15) is 14.5 Å². The van der Waals surface area contributed by atoms with Crippen LogP contribution in [0.4, 0.5) is 0 Å². The lowest BCUT2D eigenvalue weighted by atomic mass is 9.98. The van der Waals surface area contributed by atoms with Crippen LogP contribution >= 0.6 is 0 Å². The Bertz CT molecular complexity index is 825. The molecule has 22 heavy (non-hydrogen) atoms. The largest absolute Gasteiger partial charge is 0.340 e. The van der Waals surface area contributed by atoms with Crippen molar-refractivity contribution in [1.29, 1.82) is 0 Å². The minimum Gasteiger partial charge on any atom is -0.293 e. The topological polar surface area (TPSA) is 117 Å². The zero-order valence-corrected chi connectivity index (χ0v) is 13.2. The van der Waals surface area contributed by atoms with Crippen molar-refractivity contribution in [2.24, 2.45) is 7.05 Å². The summed E-state index contributed by atoms with van der Waals surface area (Å²) < 4.78 is 28.3. The van der Waals surface area contributed by atoms with E-state index in [2.05, 4.69) is 20.3 Å². The number of aryl methyl sites for hydroxylation is 1. The molecule has 1 aliphatic rings. The summed E-state index contributed by atoms with van der Waals surface area (Å²) in [5.74, 6) is 0.667. The molecule has 2 aromatic heterocycles. The van der Waals surface area contributed by atoms with Crippen LogP contribution in [-0.4, -0.2) is 50.8 Å². The van der Waals surface area contributed by atoms with Crippen molar-refractivity contribution in [3.05, 3.63) is 28.2 Å². The molecule has 2 aromatic rings. The maximum absolute atomic E-state index is 12.7. The molecule has 0 radical (unpaired) electrons.